The first-order chi connectivity index (χ1) is 6.61. The van der Waals surface area contributed by atoms with Gasteiger partial charge in [0.25, 0.3) is 0 Å². The maximum atomic E-state index is 2.77. The number of hydrogen-bond donors (Lipinski definition) is 0. The van der Waals surface area contributed by atoms with Gasteiger partial charge in [0.05, 0.1) is 8.80 Å². The van der Waals surface area contributed by atoms with Crippen molar-refractivity contribution in [3.63, 3.8) is 0 Å². The van der Waals surface area contributed by atoms with Gasteiger partial charge in [0, 0.05) is 12.1 Å². The Morgan fingerprint density at radius 3 is 2.14 bits per heavy atom. The molecule has 0 heterocycles. The van der Waals surface area contributed by atoms with E-state index in [0.29, 0.717) is 0 Å². The van der Waals surface area contributed by atoms with E-state index in [1.165, 1.54) is 38.3 Å². The summed E-state index contributed by atoms with van der Waals surface area (Å²) in [6.07, 6.45) is 8.68. The van der Waals surface area contributed by atoms with Crippen LogP contribution in [0.25, 0.3) is 0 Å². The van der Waals surface area contributed by atoms with Crippen LogP contribution in [0.5, 0.6) is 0 Å². The largest absolute Gasteiger partial charge is 0.301 e. The molecule has 1 rings (SSSR count). The average molecular weight is 212 g/mol. The highest BCUT2D eigenvalue weighted by atomic mass is 28.3. The van der Waals surface area contributed by atoms with Crippen molar-refractivity contribution in [1.29, 1.82) is 0 Å². The first-order valence-corrected chi connectivity index (χ1v) is 8.86. The smallest absolute Gasteiger partial charge is 0.0585 e. The lowest BCUT2D eigenvalue weighted by molar-refractivity contribution is 0.143. The van der Waals surface area contributed by atoms with E-state index < -0.39 is 0 Å². The highest BCUT2D eigenvalue weighted by Crippen LogP contribution is 2.24. The molecule has 0 saturated heterocycles. The molecular formula is C12H26NSi. The third kappa shape index (κ3) is 3.74. The third-order valence-electron chi connectivity index (χ3n) is 3.21. The molecular weight excluding hydrogens is 186 g/mol. The minimum Gasteiger partial charge on any atom is -0.301 e. The first kappa shape index (κ1) is 12.2. The molecule has 0 bridgehead atoms. The summed E-state index contributed by atoms with van der Waals surface area (Å²) >= 11 is 0. The summed E-state index contributed by atoms with van der Waals surface area (Å²) in [7, 11) is -0.100. The zero-order valence-corrected chi connectivity index (χ0v) is 11.3. The lowest BCUT2D eigenvalue weighted by Crippen LogP contribution is -2.45. The maximum absolute atomic E-state index is 2.77. The lowest BCUT2D eigenvalue weighted by atomic mass is 9.94. The Hall–Kier alpha value is 0.177. The van der Waals surface area contributed by atoms with Crippen molar-refractivity contribution in [2.45, 2.75) is 71.1 Å². The van der Waals surface area contributed by atoms with Crippen LogP contribution in [-0.4, -0.2) is 31.9 Å². The third-order valence-corrected chi connectivity index (χ3v) is 4.20. The van der Waals surface area contributed by atoms with Crippen molar-refractivity contribution >= 4 is 8.80 Å². The second-order valence-electron chi connectivity index (χ2n) is 5.27. The van der Waals surface area contributed by atoms with E-state index in [9.17, 15) is 0 Å². The fourth-order valence-corrected chi connectivity index (χ4v) is 3.86. The maximum Gasteiger partial charge on any atom is 0.0585 e. The monoisotopic (exact) mass is 212 g/mol. The van der Waals surface area contributed by atoms with Crippen LogP contribution < -0.4 is 0 Å². The molecule has 14 heavy (non-hydrogen) atoms. The van der Waals surface area contributed by atoms with Gasteiger partial charge in [-0.05, 0) is 32.9 Å². The van der Waals surface area contributed by atoms with Crippen LogP contribution in [-0.2, 0) is 0 Å². The van der Waals surface area contributed by atoms with E-state index in [2.05, 4.69) is 31.8 Å². The number of rotatable bonds is 4. The summed E-state index contributed by atoms with van der Waals surface area (Å²) in [6, 6.07) is 1.65. The Morgan fingerprint density at radius 1 is 1.14 bits per heavy atom. The Bertz CT molecular complexity index is 150. The fourth-order valence-electron chi connectivity index (χ4n) is 2.51. The summed E-state index contributed by atoms with van der Waals surface area (Å²) < 4.78 is 0. The lowest BCUT2D eigenvalue weighted by Gasteiger charge is -2.38. The SMILES string of the molecule is CC(C)N(C[Si](C)C)C1CCCCC1. The van der Waals surface area contributed by atoms with Gasteiger partial charge in [-0.3, -0.25) is 0 Å². The summed E-state index contributed by atoms with van der Waals surface area (Å²) in [6.45, 7) is 9.59. The van der Waals surface area contributed by atoms with Crippen LogP contribution in [0, 0.1) is 0 Å². The minimum absolute atomic E-state index is 0.100. The molecule has 1 nitrogen and oxygen atoms in total. The second kappa shape index (κ2) is 5.91. The molecule has 0 aromatic rings. The predicted molar refractivity (Wildman–Crippen MR) is 66.2 cm³/mol. The summed E-state index contributed by atoms with van der Waals surface area (Å²) in [5, 5.41) is 0. The highest BCUT2D eigenvalue weighted by Gasteiger charge is 2.23. The van der Waals surface area contributed by atoms with Gasteiger partial charge in [0.15, 0.2) is 0 Å². The molecule has 2 heteroatoms. The molecule has 0 amide bonds. The molecule has 0 aliphatic heterocycles. The van der Waals surface area contributed by atoms with Crippen LogP contribution in [0.4, 0.5) is 0 Å². The Balaban J connectivity index is 2.47. The molecule has 0 N–H and O–H groups in total. The summed E-state index contributed by atoms with van der Waals surface area (Å²) in [4.78, 5) is 2.77. The van der Waals surface area contributed by atoms with Gasteiger partial charge in [-0.2, -0.15) is 0 Å². The van der Waals surface area contributed by atoms with Gasteiger partial charge in [-0.15, -0.1) is 0 Å². The van der Waals surface area contributed by atoms with Crippen LogP contribution in [0.1, 0.15) is 46.0 Å². The van der Waals surface area contributed by atoms with Crippen LogP contribution in [0.15, 0.2) is 0 Å². The van der Waals surface area contributed by atoms with Crippen LogP contribution in [0.2, 0.25) is 13.1 Å². The van der Waals surface area contributed by atoms with E-state index in [4.69, 9.17) is 0 Å². The molecule has 0 atom stereocenters. The Morgan fingerprint density at radius 2 is 1.71 bits per heavy atom. The van der Waals surface area contributed by atoms with Crippen molar-refractivity contribution in [3.8, 4) is 0 Å². The van der Waals surface area contributed by atoms with Crippen molar-refractivity contribution in [2.24, 2.45) is 0 Å². The van der Waals surface area contributed by atoms with Crippen molar-refractivity contribution in [1.82, 2.24) is 4.90 Å². The van der Waals surface area contributed by atoms with E-state index >= 15 is 0 Å². The standard InChI is InChI=1S/C12H26NSi/c1-11(2)13(10-14(3)4)12-8-6-5-7-9-12/h11-12H,5-10H2,1-4H3. The normalized spacial score (nSPS) is 19.9. The zero-order valence-electron chi connectivity index (χ0n) is 10.3. The van der Waals surface area contributed by atoms with E-state index in [-0.39, 0.29) is 8.80 Å². The van der Waals surface area contributed by atoms with E-state index in [1.54, 1.807) is 0 Å². The van der Waals surface area contributed by atoms with Crippen molar-refractivity contribution < 1.29 is 0 Å². The second-order valence-corrected chi connectivity index (χ2v) is 8.00. The molecule has 83 valence electrons. The molecule has 1 fully saturated rings. The van der Waals surface area contributed by atoms with Gasteiger partial charge in [-0.25, -0.2) is 0 Å². The first-order valence-electron chi connectivity index (χ1n) is 6.16. The quantitative estimate of drug-likeness (QED) is 0.646. The van der Waals surface area contributed by atoms with Gasteiger partial charge in [0.2, 0.25) is 0 Å². The highest BCUT2D eigenvalue weighted by molar-refractivity contribution is 6.55. The molecule has 1 saturated carbocycles. The van der Waals surface area contributed by atoms with Crippen LogP contribution in [0.3, 0.4) is 0 Å². The molecule has 0 spiro atoms. The number of hydrogen-bond acceptors (Lipinski definition) is 1. The van der Waals surface area contributed by atoms with Crippen molar-refractivity contribution in [2.75, 3.05) is 6.17 Å². The molecule has 0 unspecified atom stereocenters. The molecule has 1 radical (unpaired) electrons. The van der Waals surface area contributed by atoms with Crippen LogP contribution >= 0.6 is 0 Å². The molecule has 0 aromatic carbocycles. The zero-order chi connectivity index (χ0) is 10.6. The topological polar surface area (TPSA) is 3.24 Å². The predicted octanol–water partition coefficient (Wildman–Crippen LogP) is 3.32. The number of nitrogens with zero attached hydrogens (tertiary/aromatic N) is 1. The average Bonchev–Trinajstić information content (AvgIpc) is 2.15. The summed E-state index contributed by atoms with van der Waals surface area (Å²) in [5.41, 5.74) is 0. The van der Waals surface area contributed by atoms with E-state index in [0.717, 1.165) is 12.1 Å². The molecule has 1 aliphatic carbocycles. The summed E-state index contributed by atoms with van der Waals surface area (Å²) in [5.74, 6) is 0. The Labute approximate surface area is 91.5 Å². The van der Waals surface area contributed by atoms with Gasteiger partial charge in [-0.1, -0.05) is 32.4 Å². The minimum atomic E-state index is -0.100. The van der Waals surface area contributed by atoms with Gasteiger partial charge < -0.3 is 4.90 Å². The van der Waals surface area contributed by atoms with E-state index in [1.807, 2.05) is 0 Å². The van der Waals surface area contributed by atoms with Gasteiger partial charge >= 0.3 is 0 Å². The van der Waals surface area contributed by atoms with Crippen molar-refractivity contribution in [3.05, 3.63) is 0 Å². The Kier molecular flexibility index (Phi) is 5.17. The van der Waals surface area contributed by atoms with Gasteiger partial charge in [0.1, 0.15) is 0 Å². The fraction of sp³-hybridized carbons (Fsp3) is 1.00. The molecule has 0 aromatic heterocycles. The molecule has 1 aliphatic rings.